The number of carbonyl (C=O) groups is 2. The van der Waals surface area contributed by atoms with Crippen LogP contribution in [0.15, 0.2) is 35.7 Å². The number of nitrogens with one attached hydrogen (secondary N) is 2. The van der Waals surface area contributed by atoms with Crippen molar-refractivity contribution < 1.29 is 24.2 Å². The zero-order chi connectivity index (χ0) is 25.3. The van der Waals surface area contributed by atoms with Crippen LogP contribution in [0.1, 0.15) is 40.9 Å². The van der Waals surface area contributed by atoms with E-state index in [-0.39, 0.29) is 28.2 Å². The first-order valence-corrected chi connectivity index (χ1v) is 11.3. The molecule has 1 unspecified atom stereocenters. The molecule has 1 aliphatic heterocycles. The Morgan fingerprint density at radius 1 is 1.17 bits per heavy atom. The summed E-state index contributed by atoms with van der Waals surface area (Å²) in [6.45, 7) is 3.29. The predicted molar refractivity (Wildman–Crippen MR) is 127 cm³/mol. The molecule has 1 aliphatic rings. The largest absolute Gasteiger partial charge is 0.493 e. The van der Waals surface area contributed by atoms with E-state index in [0.717, 1.165) is 34.6 Å². The van der Waals surface area contributed by atoms with Crippen LogP contribution >= 0.6 is 11.3 Å². The summed E-state index contributed by atoms with van der Waals surface area (Å²) in [6, 6.07) is 7.09. The molecule has 0 radical (unpaired) electrons. The number of hydrogen-bond acceptors (Lipinski definition) is 9. The molecule has 2 aromatic carbocycles. The molecule has 3 aromatic rings. The zero-order valence-corrected chi connectivity index (χ0v) is 19.4. The van der Waals surface area contributed by atoms with Gasteiger partial charge in [0, 0.05) is 41.5 Å². The number of amides is 2. The van der Waals surface area contributed by atoms with E-state index in [1.165, 1.54) is 13.8 Å². The molecule has 35 heavy (non-hydrogen) atoms. The van der Waals surface area contributed by atoms with E-state index in [0.29, 0.717) is 24.5 Å². The van der Waals surface area contributed by atoms with E-state index in [1.54, 1.807) is 11.4 Å². The summed E-state index contributed by atoms with van der Waals surface area (Å²) in [7, 11) is 0. The van der Waals surface area contributed by atoms with Crippen LogP contribution < -0.4 is 15.4 Å². The second kappa shape index (κ2) is 9.46. The summed E-state index contributed by atoms with van der Waals surface area (Å²) in [6.07, 6.45) is 0.628. The van der Waals surface area contributed by atoms with Gasteiger partial charge in [0.25, 0.3) is 17.3 Å². The van der Waals surface area contributed by atoms with Gasteiger partial charge in [-0.2, -0.15) is 0 Å². The molecule has 1 aromatic heterocycles. The monoisotopic (exact) mass is 497 g/mol. The number of hydrogen-bond donors (Lipinski definition) is 2. The molecule has 0 bridgehead atoms. The molecule has 0 saturated carbocycles. The molecular weight excluding hydrogens is 478 g/mol. The van der Waals surface area contributed by atoms with Crippen LogP contribution in [0, 0.1) is 27.2 Å². The Morgan fingerprint density at radius 3 is 2.63 bits per heavy atom. The third kappa shape index (κ3) is 4.94. The summed E-state index contributed by atoms with van der Waals surface area (Å²) in [5, 5.41) is 29.9. The first-order chi connectivity index (χ1) is 16.6. The summed E-state index contributed by atoms with van der Waals surface area (Å²) in [5.41, 5.74) is 0.861. The molecule has 0 aliphatic carbocycles. The number of nitro groups is 2. The summed E-state index contributed by atoms with van der Waals surface area (Å²) in [4.78, 5) is 49.7. The SMILES string of the molecule is CC(=O)NC1CCOc2ccc(-c3csc(NC(=O)c4cc([N+](=O)[O-])cc([N+](=O)[O-])c4C)n3)cc21. The summed E-state index contributed by atoms with van der Waals surface area (Å²) >= 11 is 1.13. The molecule has 0 spiro atoms. The highest BCUT2D eigenvalue weighted by Crippen LogP contribution is 2.36. The van der Waals surface area contributed by atoms with Crippen molar-refractivity contribution in [2.24, 2.45) is 0 Å². The van der Waals surface area contributed by atoms with Crippen LogP contribution in [-0.4, -0.2) is 33.3 Å². The average molecular weight is 497 g/mol. The maximum Gasteiger partial charge on any atom is 0.279 e. The molecule has 180 valence electrons. The summed E-state index contributed by atoms with van der Waals surface area (Å²) in [5.74, 6) is -0.228. The van der Waals surface area contributed by atoms with Crippen molar-refractivity contribution >= 4 is 39.7 Å². The van der Waals surface area contributed by atoms with Crippen molar-refractivity contribution in [2.75, 3.05) is 11.9 Å². The molecule has 2 N–H and O–H groups in total. The number of fused-ring (bicyclic) bond motifs is 1. The van der Waals surface area contributed by atoms with Crippen molar-refractivity contribution in [2.45, 2.75) is 26.3 Å². The van der Waals surface area contributed by atoms with Crippen LogP contribution in [0.5, 0.6) is 5.75 Å². The Bertz CT molecular complexity index is 1370. The lowest BCUT2D eigenvalue weighted by Gasteiger charge is -2.26. The first-order valence-electron chi connectivity index (χ1n) is 10.4. The maximum absolute atomic E-state index is 12.8. The van der Waals surface area contributed by atoms with E-state index in [9.17, 15) is 29.8 Å². The van der Waals surface area contributed by atoms with Gasteiger partial charge in [0.15, 0.2) is 5.13 Å². The minimum absolute atomic E-state index is 0.00794. The number of carbonyl (C=O) groups excluding carboxylic acids is 2. The van der Waals surface area contributed by atoms with E-state index in [4.69, 9.17) is 4.74 Å². The highest BCUT2D eigenvalue weighted by molar-refractivity contribution is 7.14. The van der Waals surface area contributed by atoms with Crippen molar-refractivity contribution in [1.29, 1.82) is 0 Å². The van der Waals surface area contributed by atoms with Gasteiger partial charge in [0.1, 0.15) is 5.75 Å². The highest BCUT2D eigenvalue weighted by Gasteiger charge is 2.26. The maximum atomic E-state index is 12.8. The van der Waals surface area contributed by atoms with Crippen molar-refractivity contribution in [3.05, 3.63) is 72.6 Å². The van der Waals surface area contributed by atoms with Gasteiger partial charge in [0.05, 0.1) is 39.8 Å². The zero-order valence-electron chi connectivity index (χ0n) is 18.6. The summed E-state index contributed by atoms with van der Waals surface area (Å²) < 4.78 is 5.68. The molecule has 12 nitrogen and oxygen atoms in total. The van der Waals surface area contributed by atoms with Gasteiger partial charge in [-0.3, -0.25) is 35.1 Å². The van der Waals surface area contributed by atoms with Crippen LogP contribution in [0.3, 0.4) is 0 Å². The van der Waals surface area contributed by atoms with E-state index in [2.05, 4.69) is 15.6 Å². The molecule has 4 rings (SSSR count). The van der Waals surface area contributed by atoms with E-state index in [1.807, 2.05) is 12.1 Å². The number of rotatable bonds is 6. The Labute approximate surface area is 202 Å². The Morgan fingerprint density at radius 2 is 1.94 bits per heavy atom. The van der Waals surface area contributed by atoms with E-state index >= 15 is 0 Å². The van der Waals surface area contributed by atoms with Crippen molar-refractivity contribution in [1.82, 2.24) is 10.3 Å². The lowest BCUT2D eigenvalue weighted by molar-refractivity contribution is -0.394. The second-order valence-corrected chi connectivity index (χ2v) is 8.64. The Balaban J connectivity index is 1.60. The molecule has 2 amide bonds. The highest BCUT2D eigenvalue weighted by atomic mass is 32.1. The van der Waals surface area contributed by atoms with Gasteiger partial charge in [-0.05, 0) is 25.1 Å². The number of aromatic nitrogens is 1. The standard InChI is InChI=1S/C22H19N5O7S/c1-11-15(8-14(26(30)31)9-19(11)27(32)33)21(29)25-22-24-18(10-35-22)13-3-4-20-16(7-13)17(5-6-34-20)23-12(2)28/h3-4,7-10,17H,5-6H2,1-2H3,(H,23,28)(H,24,25,29). The number of benzene rings is 2. The fourth-order valence-corrected chi connectivity index (χ4v) is 4.51. The third-order valence-corrected chi connectivity index (χ3v) is 6.22. The predicted octanol–water partition coefficient (Wildman–Crippen LogP) is 4.15. The van der Waals surface area contributed by atoms with Gasteiger partial charge >= 0.3 is 0 Å². The number of anilines is 1. The van der Waals surface area contributed by atoms with E-state index < -0.39 is 27.1 Å². The Hall–Kier alpha value is -4.39. The molecule has 2 heterocycles. The number of ether oxygens (including phenoxy) is 1. The number of nitrogens with zero attached hydrogens (tertiary/aromatic N) is 3. The smallest absolute Gasteiger partial charge is 0.279 e. The van der Waals surface area contributed by atoms with Gasteiger partial charge in [0.2, 0.25) is 5.91 Å². The number of non-ortho nitro benzene ring substituents is 1. The molecular formula is C22H19N5O7S. The number of nitro benzene ring substituents is 2. The van der Waals surface area contributed by atoms with Crippen LogP contribution in [0.2, 0.25) is 0 Å². The second-order valence-electron chi connectivity index (χ2n) is 7.79. The lowest BCUT2D eigenvalue weighted by atomic mass is 9.97. The van der Waals surface area contributed by atoms with Crippen molar-refractivity contribution in [3.8, 4) is 17.0 Å². The normalized spacial score (nSPS) is 14.4. The first kappa shape index (κ1) is 23.8. The molecule has 1 atom stereocenters. The van der Waals surface area contributed by atoms with Crippen LogP contribution in [0.25, 0.3) is 11.3 Å². The van der Waals surface area contributed by atoms with Gasteiger partial charge in [-0.1, -0.05) is 0 Å². The van der Waals surface area contributed by atoms with Crippen LogP contribution in [0.4, 0.5) is 16.5 Å². The van der Waals surface area contributed by atoms with Gasteiger partial charge in [-0.25, -0.2) is 4.98 Å². The molecule has 13 heteroatoms. The minimum Gasteiger partial charge on any atom is -0.493 e. The quantitative estimate of drug-likeness (QED) is 0.378. The fourth-order valence-electron chi connectivity index (χ4n) is 3.79. The van der Waals surface area contributed by atoms with Gasteiger partial charge < -0.3 is 10.1 Å². The molecule has 0 fully saturated rings. The lowest BCUT2D eigenvalue weighted by Crippen LogP contribution is -2.30. The van der Waals surface area contributed by atoms with Crippen LogP contribution in [-0.2, 0) is 4.79 Å². The topological polar surface area (TPSA) is 167 Å². The Kier molecular flexibility index (Phi) is 6.42. The number of thiazole rings is 1. The average Bonchev–Trinajstić information content (AvgIpc) is 3.26. The fraction of sp³-hybridized carbons (Fsp3) is 0.227. The third-order valence-electron chi connectivity index (χ3n) is 5.46. The van der Waals surface area contributed by atoms with Crippen molar-refractivity contribution in [3.63, 3.8) is 0 Å². The van der Waals surface area contributed by atoms with Gasteiger partial charge in [-0.15, -0.1) is 11.3 Å². The minimum atomic E-state index is -0.793. The molecule has 0 saturated heterocycles.